The van der Waals surface area contributed by atoms with Gasteiger partial charge in [0, 0.05) is 42.7 Å². The zero-order valence-electron chi connectivity index (χ0n) is 24.6. The number of hydrogen-bond acceptors (Lipinski definition) is 6. The topological polar surface area (TPSA) is 95.6 Å². The lowest BCUT2D eigenvalue weighted by Gasteiger charge is -2.30. The van der Waals surface area contributed by atoms with Gasteiger partial charge in [-0.2, -0.15) is 5.10 Å². The largest absolute Gasteiger partial charge is 0.490 e. The Morgan fingerprint density at radius 2 is 1.62 bits per heavy atom. The van der Waals surface area contributed by atoms with Crippen LogP contribution in [0.25, 0.3) is 11.1 Å². The van der Waals surface area contributed by atoms with E-state index in [1.165, 1.54) is 33.5 Å². The highest BCUT2D eigenvalue weighted by Gasteiger charge is 2.27. The van der Waals surface area contributed by atoms with Gasteiger partial charge in [0.1, 0.15) is 23.1 Å². The van der Waals surface area contributed by atoms with Crippen LogP contribution in [-0.4, -0.2) is 25.6 Å². The maximum atomic E-state index is 14.0. The predicted octanol–water partition coefficient (Wildman–Crippen LogP) is 5.95. The SMILES string of the molecule is Cc1cc(F)cc(C)c1Oc1ccc(C(C)(C)O)cc1-c1cn(C)c(=O)cc1O[C@H]1CC[C@H](n2ncccc2=O)CC1. The second-order valence-corrected chi connectivity index (χ2v) is 11.6. The standard InChI is InChI=1S/C33H36FN3O5/c1-20-15-23(34)16-21(2)32(20)42-28-13-8-22(33(3,4)40)17-26(28)27-19-36(5)31(39)18-29(27)41-25-11-9-24(10-12-25)37-30(38)7-6-14-35-37/h6-8,13-19,24-25,40H,9-12H2,1-5H3/t24-,25-. The number of ether oxygens (including phenoxy) is 2. The van der Waals surface area contributed by atoms with Gasteiger partial charge >= 0.3 is 0 Å². The highest BCUT2D eigenvalue weighted by molar-refractivity contribution is 5.76. The maximum absolute atomic E-state index is 14.0. The first-order valence-corrected chi connectivity index (χ1v) is 14.1. The lowest BCUT2D eigenvalue weighted by Crippen LogP contribution is -2.32. The second kappa shape index (κ2) is 11.6. The first kappa shape index (κ1) is 29.3. The van der Waals surface area contributed by atoms with E-state index in [0.29, 0.717) is 70.7 Å². The fraction of sp³-hybridized carbons (Fsp3) is 0.364. The van der Waals surface area contributed by atoms with Gasteiger partial charge in [0.2, 0.25) is 0 Å². The van der Waals surface area contributed by atoms with E-state index in [1.54, 1.807) is 65.3 Å². The highest BCUT2D eigenvalue weighted by Crippen LogP contribution is 2.42. The van der Waals surface area contributed by atoms with Crippen LogP contribution >= 0.6 is 0 Å². The molecule has 8 nitrogen and oxygen atoms in total. The van der Waals surface area contributed by atoms with Crippen LogP contribution < -0.4 is 20.6 Å². The first-order valence-electron chi connectivity index (χ1n) is 14.1. The molecule has 0 aliphatic heterocycles. The third-order valence-corrected chi connectivity index (χ3v) is 7.83. The van der Waals surface area contributed by atoms with Gasteiger partial charge in [-0.25, -0.2) is 9.07 Å². The van der Waals surface area contributed by atoms with Gasteiger partial charge in [0.25, 0.3) is 11.1 Å². The van der Waals surface area contributed by atoms with Crippen LogP contribution in [-0.2, 0) is 12.6 Å². The predicted molar refractivity (Wildman–Crippen MR) is 159 cm³/mol. The molecular formula is C33H36FN3O5. The fourth-order valence-electron chi connectivity index (χ4n) is 5.52. The summed E-state index contributed by atoms with van der Waals surface area (Å²) in [5.74, 6) is 1.07. The van der Waals surface area contributed by atoms with Crippen molar-refractivity contribution >= 4 is 0 Å². The van der Waals surface area contributed by atoms with Crippen LogP contribution in [0.1, 0.15) is 62.3 Å². The monoisotopic (exact) mass is 573 g/mol. The number of pyridine rings is 1. The van der Waals surface area contributed by atoms with Crippen LogP contribution in [0.4, 0.5) is 4.39 Å². The smallest absolute Gasteiger partial charge is 0.266 e. The van der Waals surface area contributed by atoms with E-state index in [2.05, 4.69) is 5.10 Å². The number of aliphatic hydroxyl groups is 1. The molecule has 1 aliphatic carbocycles. The zero-order valence-corrected chi connectivity index (χ0v) is 24.6. The van der Waals surface area contributed by atoms with Crippen LogP contribution in [0.5, 0.6) is 17.2 Å². The molecule has 4 aromatic rings. The van der Waals surface area contributed by atoms with E-state index in [0.717, 1.165) is 0 Å². The lowest BCUT2D eigenvalue weighted by atomic mass is 9.92. The molecule has 1 saturated carbocycles. The number of nitrogens with zero attached hydrogens (tertiary/aromatic N) is 3. The molecule has 0 spiro atoms. The van der Waals surface area contributed by atoms with Crippen molar-refractivity contribution in [3.8, 4) is 28.4 Å². The Morgan fingerprint density at radius 3 is 2.26 bits per heavy atom. The molecule has 5 rings (SSSR count). The van der Waals surface area contributed by atoms with E-state index < -0.39 is 5.60 Å². The Bertz CT molecular complexity index is 1710. The van der Waals surface area contributed by atoms with Crippen molar-refractivity contribution in [3.05, 3.63) is 104 Å². The molecule has 0 bridgehead atoms. The van der Waals surface area contributed by atoms with Gasteiger partial charge in [0.05, 0.1) is 17.7 Å². The maximum Gasteiger partial charge on any atom is 0.266 e. The molecular weight excluding hydrogens is 537 g/mol. The molecule has 0 radical (unpaired) electrons. The molecule has 1 fully saturated rings. The van der Waals surface area contributed by atoms with Gasteiger partial charge < -0.3 is 19.1 Å². The molecule has 2 aromatic carbocycles. The third kappa shape index (κ3) is 6.16. The Hall–Kier alpha value is -4.24. The molecule has 0 atom stereocenters. The summed E-state index contributed by atoms with van der Waals surface area (Å²) in [5.41, 5.74) is 1.69. The number of hydrogen-bond donors (Lipinski definition) is 1. The average molecular weight is 574 g/mol. The molecule has 2 aromatic heterocycles. The Labute approximate surface area is 244 Å². The Morgan fingerprint density at radius 1 is 0.929 bits per heavy atom. The molecule has 9 heteroatoms. The van der Waals surface area contributed by atoms with Crippen molar-refractivity contribution in [1.29, 1.82) is 0 Å². The van der Waals surface area contributed by atoms with Gasteiger partial charge in [-0.05, 0) is 100 Å². The summed E-state index contributed by atoms with van der Waals surface area (Å²) in [6.07, 6.45) is 5.95. The van der Waals surface area contributed by atoms with E-state index in [4.69, 9.17) is 9.47 Å². The fourth-order valence-corrected chi connectivity index (χ4v) is 5.52. The van der Waals surface area contributed by atoms with E-state index in [9.17, 15) is 19.1 Å². The second-order valence-electron chi connectivity index (χ2n) is 11.6. The Kier molecular flexibility index (Phi) is 8.06. The highest BCUT2D eigenvalue weighted by atomic mass is 19.1. The van der Waals surface area contributed by atoms with Crippen LogP contribution in [0, 0.1) is 19.7 Å². The molecule has 42 heavy (non-hydrogen) atoms. The van der Waals surface area contributed by atoms with Gasteiger partial charge in [0.15, 0.2) is 0 Å². The lowest BCUT2D eigenvalue weighted by molar-refractivity contribution is 0.0786. The molecule has 2 heterocycles. The molecule has 1 aliphatic rings. The van der Waals surface area contributed by atoms with Crippen molar-refractivity contribution < 1.29 is 19.0 Å². The molecule has 0 unspecified atom stereocenters. The van der Waals surface area contributed by atoms with Crippen molar-refractivity contribution in [2.75, 3.05) is 0 Å². The van der Waals surface area contributed by atoms with Crippen molar-refractivity contribution in [2.24, 2.45) is 7.05 Å². The van der Waals surface area contributed by atoms with E-state index >= 15 is 0 Å². The summed E-state index contributed by atoms with van der Waals surface area (Å²) in [5, 5.41) is 15.1. The molecule has 220 valence electrons. The summed E-state index contributed by atoms with van der Waals surface area (Å²) in [6, 6.07) is 12.8. The molecule has 0 amide bonds. The summed E-state index contributed by atoms with van der Waals surface area (Å²) < 4.78 is 29.9. The first-order chi connectivity index (χ1) is 19.9. The van der Waals surface area contributed by atoms with Crippen LogP contribution in [0.15, 0.2) is 70.5 Å². The van der Waals surface area contributed by atoms with Crippen molar-refractivity contribution in [1.82, 2.24) is 14.3 Å². The van der Waals surface area contributed by atoms with E-state index in [1.807, 2.05) is 6.07 Å². The van der Waals surface area contributed by atoms with Gasteiger partial charge in [-0.3, -0.25) is 9.59 Å². The summed E-state index contributed by atoms with van der Waals surface area (Å²) in [7, 11) is 1.67. The number of rotatable bonds is 7. The minimum Gasteiger partial charge on any atom is -0.490 e. The summed E-state index contributed by atoms with van der Waals surface area (Å²) in [4.78, 5) is 25.1. The number of halogens is 1. The van der Waals surface area contributed by atoms with Gasteiger partial charge in [-0.1, -0.05) is 6.07 Å². The minimum atomic E-state index is -1.14. The summed E-state index contributed by atoms with van der Waals surface area (Å²) in [6.45, 7) is 6.97. The summed E-state index contributed by atoms with van der Waals surface area (Å²) >= 11 is 0. The number of aryl methyl sites for hydroxylation is 3. The van der Waals surface area contributed by atoms with E-state index in [-0.39, 0.29) is 29.1 Å². The third-order valence-electron chi connectivity index (χ3n) is 7.83. The minimum absolute atomic E-state index is 0.00711. The number of benzene rings is 2. The van der Waals surface area contributed by atoms with Crippen LogP contribution in [0.3, 0.4) is 0 Å². The van der Waals surface area contributed by atoms with Crippen molar-refractivity contribution in [3.63, 3.8) is 0 Å². The quantitative estimate of drug-likeness (QED) is 0.294. The van der Waals surface area contributed by atoms with Crippen molar-refractivity contribution in [2.45, 2.75) is 71.1 Å². The zero-order chi connectivity index (χ0) is 30.2. The molecule has 1 N–H and O–H groups in total. The van der Waals surface area contributed by atoms with Gasteiger partial charge in [-0.15, -0.1) is 0 Å². The molecule has 0 saturated heterocycles. The average Bonchev–Trinajstić information content (AvgIpc) is 2.93. The van der Waals surface area contributed by atoms with Crippen LogP contribution in [0.2, 0.25) is 0 Å². The number of aromatic nitrogens is 3. The Balaban J connectivity index is 1.52. The normalized spacial score (nSPS) is 17.2.